The molecule has 0 aliphatic carbocycles. The van der Waals surface area contributed by atoms with Crippen LogP contribution in [0.25, 0.3) is 0 Å². The van der Waals surface area contributed by atoms with Crippen molar-refractivity contribution in [2.24, 2.45) is 0 Å². The first kappa shape index (κ1) is 12.0. The van der Waals surface area contributed by atoms with Crippen LogP contribution >= 0.6 is 23.1 Å². The Morgan fingerprint density at radius 3 is 2.88 bits per heavy atom. The molecule has 0 spiro atoms. The van der Waals surface area contributed by atoms with Gasteiger partial charge in [0.25, 0.3) is 0 Å². The molecule has 0 aliphatic heterocycles. The van der Waals surface area contributed by atoms with Crippen LogP contribution in [0.3, 0.4) is 0 Å². The summed E-state index contributed by atoms with van der Waals surface area (Å²) in [7, 11) is 0. The second-order valence-electron chi connectivity index (χ2n) is 3.17. The monoisotopic (exact) mass is 270 g/mol. The van der Waals surface area contributed by atoms with E-state index in [0.717, 1.165) is 10.8 Å². The molecule has 2 aromatic heterocycles. The molecule has 0 aliphatic rings. The number of hydrogen-bond acceptors (Lipinski definition) is 7. The van der Waals surface area contributed by atoms with Crippen LogP contribution in [0.15, 0.2) is 5.16 Å². The highest BCUT2D eigenvalue weighted by atomic mass is 32.2. The highest BCUT2D eigenvalue weighted by Crippen LogP contribution is 2.16. The fourth-order valence-electron chi connectivity index (χ4n) is 1.02. The van der Waals surface area contributed by atoms with Crippen molar-refractivity contribution >= 4 is 34.1 Å². The van der Waals surface area contributed by atoms with Crippen LogP contribution in [0.2, 0.25) is 0 Å². The van der Waals surface area contributed by atoms with E-state index >= 15 is 0 Å². The lowest BCUT2D eigenvalue weighted by Gasteiger charge is -1.97. The van der Waals surface area contributed by atoms with Crippen molar-refractivity contribution in [2.45, 2.75) is 19.0 Å². The minimum atomic E-state index is -0.145. The van der Waals surface area contributed by atoms with Gasteiger partial charge in [0, 0.05) is 0 Å². The molecule has 0 unspecified atom stereocenters. The number of rotatable bonds is 4. The highest BCUT2D eigenvalue weighted by Gasteiger charge is 2.08. The standard InChI is InChI=1S/C8H10N6OS2/c1-4-9-7(13-11-4)16-3-6(15)10-8-14-12-5(2)17-8/h3H2,1-2H3,(H,9,11,13)(H,10,14,15). The van der Waals surface area contributed by atoms with Gasteiger partial charge in [0.05, 0.1) is 5.75 Å². The van der Waals surface area contributed by atoms with E-state index in [1.165, 1.54) is 23.1 Å². The molecule has 90 valence electrons. The Hall–Kier alpha value is -1.48. The lowest BCUT2D eigenvalue weighted by Crippen LogP contribution is -2.13. The number of H-pyrrole nitrogens is 1. The van der Waals surface area contributed by atoms with Gasteiger partial charge in [0.1, 0.15) is 10.8 Å². The summed E-state index contributed by atoms with van der Waals surface area (Å²) >= 11 is 2.61. The zero-order valence-corrected chi connectivity index (χ0v) is 10.9. The highest BCUT2D eigenvalue weighted by molar-refractivity contribution is 7.99. The molecule has 0 fully saturated rings. The van der Waals surface area contributed by atoms with E-state index in [1.54, 1.807) is 6.92 Å². The van der Waals surface area contributed by atoms with Crippen molar-refractivity contribution in [3.8, 4) is 0 Å². The fraction of sp³-hybridized carbons (Fsp3) is 0.375. The number of nitrogens with one attached hydrogen (secondary N) is 2. The number of hydrogen-bond donors (Lipinski definition) is 2. The molecule has 0 atom stereocenters. The summed E-state index contributed by atoms with van der Waals surface area (Å²) in [4.78, 5) is 15.6. The summed E-state index contributed by atoms with van der Waals surface area (Å²) in [6.45, 7) is 3.64. The Bertz CT molecular complexity index is 522. The number of carbonyl (C=O) groups excluding carboxylic acids is 1. The average Bonchev–Trinajstić information content (AvgIpc) is 2.85. The Morgan fingerprint density at radius 2 is 2.29 bits per heavy atom. The van der Waals surface area contributed by atoms with Gasteiger partial charge in [-0.15, -0.1) is 15.3 Å². The molecule has 0 bridgehead atoms. The largest absolute Gasteiger partial charge is 0.300 e. The molecule has 0 aromatic carbocycles. The summed E-state index contributed by atoms with van der Waals surface area (Å²) in [6.07, 6.45) is 0. The van der Waals surface area contributed by atoms with E-state index in [1.807, 2.05) is 6.92 Å². The third kappa shape index (κ3) is 3.49. The molecule has 2 N–H and O–H groups in total. The average molecular weight is 270 g/mol. The summed E-state index contributed by atoms with van der Waals surface area (Å²) in [5.41, 5.74) is 0. The molecular formula is C8H10N6OS2. The molecule has 2 heterocycles. The summed E-state index contributed by atoms with van der Waals surface area (Å²) in [6, 6.07) is 0. The fourth-order valence-corrected chi connectivity index (χ4v) is 2.27. The van der Waals surface area contributed by atoms with E-state index in [9.17, 15) is 4.79 Å². The van der Waals surface area contributed by atoms with E-state index < -0.39 is 0 Å². The van der Waals surface area contributed by atoms with Crippen LogP contribution < -0.4 is 5.32 Å². The number of thioether (sulfide) groups is 1. The summed E-state index contributed by atoms with van der Waals surface area (Å²) in [5.74, 6) is 0.830. The maximum Gasteiger partial charge on any atom is 0.236 e. The number of carbonyl (C=O) groups is 1. The Balaban J connectivity index is 1.82. The first-order valence-corrected chi connectivity index (χ1v) is 6.55. The maximum absolute atomic E-state index is 11.5. The molecular weight excluding hydrogens is 260 g/mol. The summed E-state index contributed by atoms with van der Waals surface area (Å²) < 4.78 is 0. The predicted octanol–water partition coefficient (Wildman–Crippen LogP) is 1.00. The number of aromatic nitrogens is 5. The van der Waals surface area contributed by atoms with Crippen molar-refractivity contribution in [1.82, 2.24) is 25.4 Å². The van der Waals surface area contributed by atoms with Gasteiger partial charge in [-0.05, 0) is 13.8 Å². The first-order valence-electron chi connectivity index (χ1n) is 4.75. The van der Waals surface area contributed by atoms with Gasteiger partial charge in [-0.3, -0.25) is 15.2 Å². The molecule has 9 heteroatoms. The van der Waals surface area contributed by atoms with E-state index in [4.69, 9.17) is 0 Å². The second-order valence-corrected chi connectivity index (χ2v) is 5.29. The van der Waals surface area contributed by atoms with Gasteiger partial charge in [-0.25, -0.2) is 4.98 Å². The third-order valence-corrected chi connectivity index (χ3v) is 3.28. The van der Waals surface area contributed by atoms with Crippen LogP contribution in [0, 0.1) is 13.8 Å². The van der Waals surface area contributed by atoms with Gasteiger partial charge in [0.2, 0.25) is 16.2 Å². The Kier molecular flexibility index (Phi) is 3.69. The SMILES string of the molecule is Cc1nc(SCC(=O)Nc2nnc(C)s2)n[nH]1. The van der Waals surface area contributed by atoms with Crippen LogP contribution in [-0.2, 0) is 4.79 Å². The molecule has 0 saturated heterocycles. The topological polar surface area (TPSA) is 96.5 Å². The molecule has 0 radical (unpaired) electrons. The summed E-state index contributed by atoms with van der Waals surface area (Å²) in [5, 5.41) is 18.8. The van der Waals surface area contributed by atoms with Gasteiger partial charge >= 0.3 is 0 Å². The number of aromatic amines is 1. The van der Waals surface area contributed by atoms with E-state index in [-0.39, 0.29) is 11.7 Å². The smallest absolute Gasteiger partial charge is 0.236 e. The predicted molar refractivity (Wildman–Crippen MR) is 65.1 cm³/mol. The quantitative estimate of drug-likeness (QED) is 0.805. The van der Waals surface area contributed by atoms with Gasteiger partial charge in [-0.2, -0.15) is 0 Å². The molecule has 0 saturated carbocycles. The first-order chi connectivity index (χ1) is 8.13. The normalized spacial score (nSPS) is 10.5. The van der Waals surface area contributed by atoms with Crippen molar-refractivity contribution in [3.05, 3.63) is 10.8 Å². The number of aryl methyl sites for hydroxylation is 2. The molecule has 2 aromatic rings. The molecule has 17 heavy (non-hydrogen) atoms. The van der Waals surface area contributed by atoms with Crippen LogP contribution in [0.1, 0.15) is 10.8 Å². The zero-order chi connectivity index (χ0) is 12.3. The van der Waals surface area contributed by atoms with Crippen molar-refractivity contribution in [1.29, 1.82) is 0 Å². The Labute approximate surface area is 105 Å². The third-order valence-electron chi connectivity index (χ3n) is 1.68. The van der Waals surface area contributed by atoms with Gasteiger partial charge < -0.3 is 0 Å². The zero-order valence-electron chi connectivity index (χ0n) is 9.22. The molecule has 7 nitrogen and oxygen atoms in total. The lowest BCUT2D eigenvalue weighted by molar-refractivity contribution is -0.113. The van der Waals surface area contributed by atoms with Crippen LogP contribution in [0.4, 0.5) is 5.13 Å². The maximum atomic E-state index is 11.5. The van der Waals surface area contributed by atoms with Crippen LogP contribution in [0.5, 0.6) is 0 Å². The number of amides is 1. The van der Waals surface area contributed by atoms with Crippen molar-refractivity contribution < 1.29 is 4.79 Å². The minimum absolute atomic E-state index is 0.145. The lowest BCUT2D eigenvalue weighted by atomic mass is 10.7. The van der Waals surface area contributed by atoms with Crippen molar-refractivity contribution in [3.63, 3.8) is 0 Å². The minimum Gasteiger partial charge on any atom is -0.300 e. The molecule has 2 rings (SSSR count). The van der Waals surface area contributed by atoms with Gasteiger partial charge in [-0.1, -0.05) is 23.1 Å². The van der Waals surface area contributed by atoms with Crippen molar-refractivity contribution in [2.75, 3.05) is 11.1 Å². The van der Waals surface area contributed by atoms with Crippen LogP contribution in [-0.4, -0.2) is 37.0 Å². The van der Waals surface area contributed by atoms with E-state index in [0.29, 0.717) is 10.3 Å². The molecule has 1 amide bonds. The number of anilines is 1. The second kappa shape index (κ2) is 5.23. The Morgan fingerprint density at radius 1 is 1.47 bits per heavy atom. The van der Waals surface area contributed by atoms with E-state index in [2.05, 4.69) is 30.7 Å². The van der Waals surface area contributed by atoms with Gasteiger partial charge in [0.15, 0.2) is 0 Å². The number of nitrogens with zero attached hydrogens (tertiary/aromatic N) is 4.